The largest absolute Gasteiger partial charge is 0.497 e. The molecule has 0 fully saturated rings. The molecule has 0 aromatic heterocycles. The van der Waals surface area contributed by atoms with Crippen molar-refractivity contribution in [3.8, 4) is 11.5 Å². The summed E-state index contributed by atoms with van der Waals surface area (Å²) in [4.78, 5) is 24.2. The molecule has 0 aliphatic carbocycles. The Morgan fingerprint density at radius 3 is 2.59 bits per heavy atom. The fourth-order valence-corrected chi connectivity index (χ4v) is 3.09. The first-order valence-electron chi connectivity index (χ1n) is 9.40. The van der Waals surface area contributed by atoms with Crippen molar-refractivity contribution in [2.24, 2.45) is 5.10 Å². The van der Waals surface area contributed by atoms with E-state index in [1.807, 2.05) is 0 Å². The van der Waals surface area contributed by atoms with Gasteiger partial charge in [0.2, 0.25) is 0 Å². The molecule has 3 aromatic rings. The van der Waals surface area contributed by atoms with E-state index in [0.717, 1.165) is 0 Å². The first-order chi connectivity index (χ1) is 15.4. The van der Waals surface area contributed by atoms with Crippen LogP contribution >= 0.6 is 15.9 Å². The van der Waals surface area contributed by atoms with Gasteiger partial charge in [-0.25, -0.2) is 9.82 Å². The highest BCUT2D eigenvalue weighted by atomic mass is 79.9. The highest BCUT2D eigenvalue weighted by molar-refractivity contribution is 9.10. The number of rotatable bonds is 8. The zero-order valence-corrected chi connectivity index (χ0v) is 18.6. The molecule has 32 heavy (non-hydrogen) atoms. The predicted molar refractivity (Wildman–Crippen MR) is 123 cm³/mol. The van der Waals surface area contributed by atoms with Gasteiger partial charge in [0.05, 0.1) is 17.8 Å². The van der Waals surface area contributed by atoms with Gasteiger partial charge in [0, 0.05) is 11.3 Å². The van der Waals surface area contributed by atoms with E-state index in [-0.39, 0.29) is 24.2 Å². The topological polar surface area (TPSA) is 89.0 Å². The normalized spacial score (nSPS) is 10.6. The first kappa shape index (κ1) is 23.0. The van der Waals surface area contributed by atoms with E-state index < -0.39 is 0 Å². The third-order valence-corrected chi connectivity index (χ3v) is 4.77. The Kier molecular flexibility index (Phi) is 7.93. The lowest BCUT2D eigenvalue weighted by molar-refractivity contribution is -0.118. The predicted octanol–water partition coefficient (Wildman–Crippen LogP) is 4.38. The summed E-state index contributed by atoms with van der Waals surface area (Å²) in [5.41, 5.74) is 4.05. The number of nitrogens with zero attached hydrogens (tertiary/aromatic N) is 1. The molecule has 0 heterocycles. The lowest BCUT2D eigenvalue weighted by Gasteiger charge is -2.09. The van der Waals surface area contributed by atoms with Crippen LogP contribution in [0.4, 0.5) is 10.1 Å². The molecule has 0 aliphatic rings. The van der Waals surface area contributed by atoms with E-state index in [4.69, 9.17) is 9.47 Å². The number of hydrogen-bond acceptors (Lipinski definition) is 5. The smallest absolute Gasteiger partial charge is 0.271 e. The summed E-state index contributed by atoms with van der Waals surface area (Å²) < 4.78 is 24.1. The molecule has 7 nitrogen and oxygen atoms in total. The molecule has 0 unspecified atom stereocenters. The summed E-state index contributed by atoms with van der Waals surface area (Å²) in [7, 11) is 1.53. The molecule has 0 saturated heterocycles. The van der Waals surface area contributed by atoms with Crippen LogP contribution in [0.15, 0.2) is 76.3 Å². The second kappa shape index (κ2) is 11.1. The SMILES string of the molecule is COc1cccc(C(=O)N/N=C/c2ccc(OCC(=O)Nc3ccc(F)cc3)c(Br)c2)c1. The van der Waals surface area contributed by atoms with Gasteiger partial charge in [-0.3, -0.25) is 9.59 Å². The van der Waals surface area contributed by atoms with E-state index >= 15 is 0 Å². The fourth-order valence-electron chi connectivity index (χ4n) is 2.58. The summed E-state index contributed by atoms with van der Waals surface area (Å²) in [5, 5.41) is 6.57. The quantitative estimate of drug-likeness (QED) is 0.355. The Balaban J connectivity index is 1.52. The van der Waals surface area contributed by atoms with Gasteiger partial charge in [-0.1, -0.05) is 6.07 Å². The van der Waals surface area contributed by atoms with Crippen LogP contribution in [0, 0.1) is 5.82 Å². The Bertz CT molecular complexity index is 1140. The molecule has 0 bridgehead atoms. The third-order valence-electron chi connectivity index (χ3n) is 4.15. The van der Waals surface area contributed by atoms with Crippen molar-refractivity contribution >= 4 is 39.6 Å². The Morgan fingerprint density at radius 2 is 1.88 bits per heavy atom. The summed E-state index contributed by atoms with van der Waals surface area (Å²) >= 11 is 3.38. The molecule has 0 saturated carbocycles. The molecule has 9 heteroatoms. The van der Waals surface area contributed by atoms with E-state index in [1.165, 1.54) is 37.6 Å². The second-order valence-electron chi connectivity index (χ2n) is 6.46. The Labute approximate surface area is 192 Å². The van der Waals surface area contributed by atoms with Crippen molar-refractivity contribution in [1.82, 2.24) is 5.43 Å². The fraction of sp³-hybridized carbons (Fsp3) is 0.0870. The van der Waals surface area contributed by atoms with Crippen molar-refractivity contribution in [3.63, 3.8) is 0 Å². The molecule has 2 N–H and O–H groups in total. The molecule has 0 atom stereocenters. The number of ether oxygens (including phenoxy) is 2. The number of hydrazone groups is 1. The van der Waals surface area contributed by atoms with Crippen LogP contribution in [0.25, 0.3) is 0 Å². The highest BCUT2D eigenvalue weighted by Crippen LogP contribution is 2.25. The minimum absolute atomic E-state index is 0.222. The zero-order valence-electron chi connectivity index (χ0n) is 17.0. The standard InChI is InChI=1S/C23H19BrFN3O4/c1-31-19-4-2-3-16(12-19)23(30)28-26-13-15-5-10-21(20(24)11-15)32-14-22(29)27-18-8-6-17(25)7-9-18/h2-13H,14H2,1H3,(H,27,29)(H,28,30)/b26-13+. The van der Waals surface area contributed by atoms with Crippen molar-refractivity contribution < 1.29 is 23.5 Å². The van der Waals surface area contributed by atoms with Crippen LogP contribution < -0.4 is 20.2 Å². The third kappa shape index (κ3) is 6.64. The monoisotopic (exact) mass is 499 g/mol. The maximum atomic E-state index is 12.9. The molecule has 3 rings (SSSR count). The molecule has 164 valence electrons. The van der Waals surface area contributed by atoms with E-state index in [0.29, 0.717) is 32.8 Å². The van der Waals surface area contributed by atoms with Gasteiger partial charge in [0.25, 0.3) is 11.8 Å². The van der Waals surface area contributed by atoms with Crippen LogP contribution in [0.2, 0.25) is 0 Å². The number of anilines is 1. The van der Waals surface area contributed by atoms with Gasteiger partial charge in [0.1, 0.15) is 17.3 Å². The van der Waals surface area contributed by atoms with Gasteiger partial charge >= 0.3 is 0 Å². The molecule has 0 aliphatic heterocycles. The van der Waals surface area contributed by atoms with E-state index in [9.17, 15) is 14.0 Å². The average Bonchev–Trinajstić information content (AvgIpc) is 2.80. The molecule has 3 aromatic carbocycles. The van der Waals surface area contributed by atoms with Gasteiger partial charge in [0.15, 0.2) is 6.61 Å². The van der Waals surface area contributed by atoms with Crippen LogP contribution in [0.1, 0.15) is 15.9 Å². The lowest BCUT2D eigenvalue weighted by atomic mass is 10.2. The van der Waals surface area contributed by atoms with Crippen LogP contribution in [-0.4, -0.2) is 31.7 Å². The number of carbonyl (C=O) groups is 2. The van der Waals surface area contributed by atoms with Crippen LogP contribution in [-0.2, 0) is 4.79 Å². The van der Waals surface area contributed by atoms with Crippen LogP contribution in [0.5, 0.6) is 11.5 Å². The number of hydrogen-bond donors (Lipinski definition) is 2. The summed E-state index contributed by atoms with van der Waals surface area (Å²) in [6.07, 6.45) is 1.48. The number of benzene rings is 3. The average molecular weight is 500 g/mol. The number of nitrogens with one attached hydrogen (secondary N) is 2. The number of amides is 2. The summed E-state index contributed by atoms with van der Waals surface area (Å²) in [6, 6.07) is 17.3. The van der Waals surface area contributed by atoms with Crippen molar-refractivity contribution in [2.45, 2.75) is 0 Å². The van der Waals surface area contributed by atoms with Gasteiger partial charge in [-0.05, 0) is 82.2 Å². The summed E-state index contributed by atoms with van der Waals surface area (Å²) in [6.45, 7) is -0.222. The number of methoxy groups -OCH3 is 1. The maximum Gasteiger partial charge on any atom is 0.271 e. The number of carbonyl (C=O) groups excluding carboxylic acids is 2. The molecule has 2 amide bonds. The molecule has 0 spiro atoms. The van der Waals surface area contributed by atoms with Crippen LogP contribution in [0.3, 0.4) is 0 Å². The van der Waals surface area contributed by atoms with Gasteiger partial charge in [-0.15, -0.1) is 0 Å². The van der Waals surface area contributed by atoms with Gasteiger partial charge < -0.3 is 14.8 Å². The van der Waals surface area contributed by atoms with Crippen molar-refractivity contribution in [2.75, 3.05) is 19.0 Å². The zero-order chi connectivity index (χ0) is 22.9. The highest BCUT2D eigenvalue weighted by Gasteiger charge is 2.08. The summed E-state index contributed by atoms with van der Waals surface area (Å²) in [5.74, 6) is -0.100. The first-order valence-corrected chi connectivity index (χ1v) is 10.2. The Morgan fingerprint density at radius 1 is 1.09 bits per heavy atom. The lowest BCUT2D eigenvalue weighted by Crippen LogP contribution is -2.20. The molecule has 0 radical (unpaired) electrons. The Hall–Kier alpha value is -3.72. The number of halogens is 2. The molecular formula is C23H19BrFN3O4. The van der Waals surface area contributed by atoms with E-state index in [1.54, 1.807) is 42.5 Å². The maximum absolute atomic E-state index is 12.9. The minimum atomic E-state index is -0.383. The second-order valence-corrected chi connectivity index (χ2v) is 7.32. The van der Waals surface area contributed by atoms with E-state index in [2.05, 4.69) is 31.8 Å². The minimum Gasteiger partial charge on any atom is -0.497 e. The molecular weight excluding hydrogens is 481 g/mol. The van der Waals surface area contributed by atoms with Crippen molar-refractivity contribution in [3.05, 3.63) is 88.1 Å². The van der Waals surface area contributed by atoms with Crippen molar-refractivity contribution in [1.29, 1.82) is 0 Å². The van der Waals surface area contributed by atoms with Gasteiger partial charge in [-0.2, -0.15) is 5.10 Å².